The van der Waals surface area contributed by atoms with Crippen LogP contribution in [0.5, 0.6) is 5.75 Å². The standard InChI is InChI=1S/C23H17Cl2N3O4/c1-14-18(24)7-4-8-20(14)27-21(29)22(30)28-26-13-15-9-11-16(12-10-15)32-23(31)17-5-2-3-6-19(17)25/h2-13H,1H3,(H,27,29)(H,28,30)/b26-13-. The average Bonchev–Trinajstić information content (AvgIpc) is 2.78. The average molecular weight is 470 g/mol. The third-order valence-corrected chi connectivity index (χ3v) is 5.03. The van der Waals surface area contributed by atoms with E-state index in [-0.39, 0.29) is 5.56 Å². The number of carbonyl (C=O) groups excluding carboxylic acids is 3. The summed E-state index contributed by atoms with van der Waals surface area (Å²) in [5.41, 5.74) is 4.09. The van der Waals surface area contributed by atoms with Crippen LogP contribution in [0.2, 0.25) is 10.0 Å². The van der Waals surface area contributed by atoms with Gasteiger partial charge in [0, 0.05) is 10.7 Å². The fraction of sp³-hybridized carbons (Fsp3) is 0.0435. The number of hydrazone groups is 1. The lowest BCUT2D eigenvalue weighted by Crippen LogP contribution is -2.32. The van der Waals surface area contributed by atoms with Gasteiger partial charge in [0.25, 0.3) is 0 Å². The highest BCUT2D eigenvalue weighted by molar-refractivity contribution is 6.40. The number of carbonyl (C=O) groups is 3. The third kappa shape index (κ3) is 5.94. The van der Waals surface area contributed by atoms with E-state index in [2.05, 4.69) is 15.8 Å². The first-order valence-corrected chi connectivity index (χ1v) is 10.1. The van der Waals surface area contributed by atoms with Crippen molar-refractivity contribution in [1.29, 1.82) is 0 Å². The smallest absolute Gasteiger partial charge is 0.345 e. The van der Waals surface area contributed by atoms with E-state index in [1.807, 2.05) is 0 Å². The summed E-state index contributed by atoms with van der Waals surface area (Å²) in [4.78, 5) is 36.1. The van der Waals surface area contributed by atoms with Gasteiger partial charge in [0.15, 0.2) is 0 Å². The second-order valence-electron chi connectivity index (χ2n) is 6.50. The molecule has 9 heteroatoms. The number of ether oxygens (including phenoxy) is 1. The molecule has 0 atom stereocenters. The molecule has 3 rings (SSSR count). The molecule has 7 nitrogen and oxygen atoms in total. The predicted octanol–water partition coefficient (Wildman–Crippen LogP) is 4.61. The second kappa shape index (κ2) is 10.6. The molecule has 0 aliphatic carbocycles. The van der Waals surface area contributed by atoms with Gasteiger partial charge in [0.2, 0.25) is 0 Å². The fourth-order valence-electron chi connectivity index (χ4n) is 2.55. The van der Waals surface area contributed by atoms with Crippen molar-refractivity contribution in [3.8, 4) is 5.75 Å². The van der Waals surface area contributed by atoms with Gasteiger partial charge in [-0.1, -0.05) is 41.4 Å². The number of anilines is 1. The maximum absolute atomic E-state index is 12.2. The molecular formula is C23H17Cl2N3O4. The third-order valence-electron chi connectivity index (χ3n) is 4.29. The Balaban J connectivity index is 1.53. The van der Waals surface area contributed by atoms with Gasteiger partial charge in [-0.25, -0.2) is 10.2 Å². The van der Waals surface area contributed by atoms with Gasteiger partial charge in [-0.15, -0.1) is 0 Å². The van der Waals surface area contributed by atoms with Crippen LogP contribution in [0.4, 0.5) is 5.69 Å². The van der Waals surface area contributed by atoms with E-state index in [4.69, 9.17) is 27.9 Å². The molecule has 0 saturated heterocycles. The van der Waals surface area contributed by atoms with Crippen molar-refractivity contribution in [3.05, 3.63) is 93.5 Å². The molecule has 162 valence electrons. The Morgan fingerprint density at radius 3 is 2.28 bits per heavy atom. The van der Waals surface area contributed by atoms with Crippen LogP contribution in [0.1, 0.15) is 21.5 Å². The van der Waals surface area contributed by atoms with Crippen LogP contribution in [-0.2, 0) is 9.59 Å². The second-order valence-corrected chi connectivity index (χ2v) is 7.32. The van der Waals surface area contributed by atoms with Gasteiger partial charge < -0.3 is 10.1 Å². The number of rotatable bonds is 5. The molecule has 0 spiro atoms. The van der Waals surface area contributed by atoms with Crippen molar-refractivity contribution < 1.29 is 19.1 Å². The minimum absolute atomic E-state index is 0.258. The van der Waals surface area contributed by atoms with Crippen LogP contribution in [0.15, 0.2) is 71.8 Å². The van der Waals surface area contributed by atoms with Crippen LogP contribution in [-0.4, -0.2) is 24.0 Å². The van der Waals surface area contributed by atoms with Gasteiger partial charge >= 0.3 is 17.8 Å². The van der Waals surface area contributed by atoms with E-state index < -0.39 is 17.8 Å². The lowest BCUT2D eigenvalue weighted by atomic mass is 10.2. The minimum atomic E-state index is -0.939. The number of hydrogen-bond acceptors (Lipinski definition) is 5. The summed E-state index contributed by atoms with van der Waals surface area (Å²) >= 11 is 12.0. The van der Waals surface area contributed by atoms with Gasteiger partial charge in [0.1, 0.15) is 5.75 Å². The largest absolute Gasteiger partial charge is 0.423 e. The number of nitrogens with one attached hydrogen (secondary N) is 2. The van der Waals surface area contributed by atoms with Gasteiger partial charge in [-0.3, -0.25) is 9.59 Å². The molecule has 0 radical (unpaired) electrons. The van der Waals surface area contributed by atoms with Gasteiger partial charge in [-0.05, 0) is 66.6 Å². The zero-order chi connectivity index (χ0) is 23.1. The summed E-state index contributed by atoms with van der Waals surface area (Å²) < 4.78 is 5.29. The normalized spacial score (nSPS) is 10.6. The first-order chi connectivity index (χ1) is 15.3. The van der Waals surface area contributed by atoms with Crippen molar-refractivity contribution in [1.82, 2.24) is 5.43 Å². The summed E-state index contributed by atoms with van der Waals surface area (Å²) in [6, 6.07) is 17.9. The van der Waals surface area contributed by atoms with Crippen LogP contribution < -0.4 is 15.5 Å². The molecule has 0 unspecified atom stereocenters. The lowest BCUT2D eigenvalue weighted by molar-refractivity contribution is -0.136. The zero-order valence-corrected chi connectivity index (χ0v) is 18.3. The summed E-state index contributed by atoms with van der Waals surface area (Å²) in [6.45, 7) is 1.73. The number of nitrogens with zero attached hydrogens (tertiary/aromatic N) is 1. The van der Waals surface area contributed by atoms with Crippen LogP contribution in [0.25, 0.3) is 0 Å². The maximum atomic E-state index is 12.2. The Morgan fingerprint density at radius 1 is 0.875 bits per heavy atom. The van der Waals surface area contributed by atoms with E-state index in [1.54, 1.807) is 73.7 Å². The Hall–Kier alpha value is -3.68. The molecule has 0 saturated carbocycles. The number of esters is 1. The monoisotopic (exact) mass is 469 g/mol. The van der Waals surface area contributed by atoms with Gasteiger partial charge in [0.05, 0.1) is 16.8 Å². The zero-order valence-electron chi connectivity index (χ0n) is 16.8. The highest BCUT2D eigenvalue weighted by Gasteiger charge is 2.15. The number of hydrogen-bond donors (Lipinski definition) is 2. The highest BCUT2D eigenvalue weighted by Crippen LogP contribution is 2.23. The molecular weight excluding hydrogens is 453 g/mol. The number of halogens is 2. The number of benzene rings is 3. The Bertz CT molecular complexity index is 1190. The van der Waals surface area contributed by atoms with E-state index in [0.717, 1.165) is 0 Å². The van der Waals surface area contributed by atoms with E-state index in [0.29, 0.717) is 32.6 Å². The molecule has 0 aliphatic heterocycles. The SMILES string of the molecule is Cc1c(Cl)cccc1NC(=O)C(=O)N/N=C\c1ccc(OC(=O)c2ccccc2Cl)cc1. The first kappa shape index (κ1) is 23.0. The molecule has 3 aromatic rings. The van der Waals surface area contributed by atoms with Crippen molar-refractivity contribution in [2.75, 3.05) is 5.32 Å². The van der Waals surface area contributed by atoms with Gasteiger partial charge in [-0.2, -0.15) is 5.10 Å². The summed E-state index contributed by atoms with van der Waals surface area (Å²) in [7, 11) is 0. The van der Waals surface area contributed by atoms with Crippen molar-refractivity contribution >= 4 is 52.9 Å². The molecule has 3 aromatic carbocycles. The molecule has 0 fully saturated rings. The first-order valence-electron chi connectivity index (χ1n) is 9.31. The van der Waals surface area contributed by atoms with Crippen LogP contribution in [0, 0.1) is 6.92 Å². The van der Waals surface area contributed by atoms with E-state index >= 15 is 0 Å². The molecule has 0 heterocycles. The summed E-state index contributed by atoms with van der Waals surface area (Å²) in [5, 5.41) is 7.00. The number of amides is 2. The molecule has 0 bridgehead atoms. The molecule has 32 heavy (non-hydrogen) atoms. The Labute approximate surface area is 194 Å². The summed E-state index contributed by atoms with van der Waals surface area (Å²) in [5.74, 6) is -2.09. The molecule has 2 N–H and O–H groups in total. The minimum Gasteiger partial charge on any atom is -0.423 e. The molecule has 0 aliphatic rings. The highest BCUT2D eigenvalue weighted by atomic mass is 35.5. The van der Waals surface area contributed by atoms with Crippen molar-refractivity contribution in [2.24, 2.45) is 5.10 Å². The quantitative estimate of drug-likeness (QED) is 0.187. The predicted molar refractivity (Wildman–Crippen MR) is 123 cm³/mol. The summed E-state index contributed by atoms with van der Waals surface area (Å²) in [6.07, 6.45) is 1.34. The Kier molecular flexibility index (Phi) is 7.59. The van der Waals surface area contributed by atoms with Crippen LogP contribution >= 0.6 is 23.2 Å². The van der Waals surface area contributed by atoms with Crippen molar-refractivity contribution in [2.45, 2.75) is 6.92 Å². The molecule has 2 amide bonds. The van der Waals surface area contributed by atoms with Crippen LogP contribution in [0.3, 0.4) is 0 Å². The van der Waals surface area contributed by atoms with Crippen molar-refractivity contribution in [3.63, 3.8) is 0 Å². The fourth-order valence-corrected chi connectivity index (χ4v) is 2.94. The molecule has 0 aromatic heterocycles. The van der Waals surface area contributed by atoms with E-state index in [1.165, 1.54) is 6.21 Å². The lowest BCUT2D eigenvalue weighted by Gasteiger charge is -2.08. The topological polar surface area (TPSA) is 96.9 Å². The van der Waals surface area contributed by atoms with E-state index in [9.17, 15) is 14.4 Å². The maximum Gasteiger partial charge on any atom is 0.345 e. The Morgan fingerprint density at radius 2 is 1.56 bits per heavy atom.